The Morgan fingerprint density at radius 3 is 1.98 bits per heavy atom. The molecule has 5 rings (SSSR count). The van der Waals surface area contributed by atoms with Gasteiger partial charge in [-0.25, -0.2) is 21.8 Å². The summed E-state index contributed by atoms with van der Waals surface area (Å²) in [5.74, 6) is -0.500. The van der Waals surface area contributed by atoms with E-state index in [4.69, 9.17) is 23.2 Å². The quantitative estimate of drug-likeness (QED) is 0.254. The van der Waals surface area contributed by atoms with Crippen LogP contribution in [0.4, 0.5) is 11.4 Å². The second-order valence-corrected chi connectivity index (χ2v) is 16.9. The molecule has 234 valence electrons. The summed E-state index contributed by atoms with van der Waals surface area (Å²) in [6, 6.07) is 12.4. The number of nitrogens with one attached hydrogen (secondary N) is 3. The molecule has 3 N–H and O–H groups in total. The summed E-state index contributed by atoms with van der Waals surface area (Å²) in [7, 11) is -7.68. The van der Waals surface area contributed by atoms with Gasteiger partial charge in [-0.2, -0.15) is 4.99 Å². The number of halogens is 2. The lowest BCUT2D eigenvalue weighted by atomic mass is 9.82. The normalized spacial score (nSPS) is 22.3. The van der Waals surface area contributed by atoms with Crippen LogP contribution in [0.2, 0.25) is 0 Å². The highest BCUT2D eigenvalue weighted by molar-refractivity contribution is 7.93. The highest BCUT2D eigenvalue weighted by atomic mass is 35.5. The van der Waals surface area contributed by atoms with E-state index in [1.165, 1.54) is 44.5 Å². The predicted molar refractivity (Wildman–Crippen MR) is 174 cm³/mol. The van der Waals surface area contributed by atoms with E-state index in [1.54, 1.807) is 30.3 Å². The largest absolute Gasteiger partial charge is 0.354 e. The van der Waals surface area contributed by atoms with Crippen molar-refractivity contribution in [3.63, 3.8) is 0 Å². The second-order valence-electron chi connectivity index (χ2n) is 10.6. The van der Waals surface area contributed by atoms with Crippen LogP contribution < -0.4 is 16.0 Å². The van der Waals surface area contributed by atoms with Crippen molar-refractivity contribution in [1.29, 1.82) is 0 Å². The van der Waals surface area contributed by atoms with Crippen LogP contribution in [0.5, 0.6) is 0 Å². The van der Waals surface area contributed by atoms with E-state index in [0.717, 1.165) is 31.8 Å². The number of hydrogen-bond donors (Lipinski definition) is 3. The van der Waals surface area contributed by atoms with Gasteiger partial charge in [0.1, 0.15) is 21.5 Å². The molecule has 2 heterocycles. The van der Waals surface area contributed by atoms with Crippen molar-refractivity contribution in [1.82, 2.24) is 10.2 Å². The maximum Gasteiger partial charge on any atom is 0.280 e. The Kier molecular flexibility index (Phi) is 9.36. The first-order valence-corrected chi connectivity index (χ1v) is 17.8. The van der Waals surface area contributed by atoms with E-state index in [1.807, 2.05) is 6.08 Å². The summed E-state index contributed by atoms with van der Waals surface area (Å²) >= 11 is 12.0. The number of benzene rings is 2. The number of nitrogens with zero attached hydrogens (tertiary/aromatic N) is 3. The molecule has 15 heteroatoms. The number of fused-ring (bicyclic) bond motifs is 1. The number of sulfone groups is 2. The minimum atomic E-state index is -3.84. The van der Waals surface area contributed by atoms with Crippen LogP contribution in [-0.2, 0) is 24.5 Å². The van der Waals surface area contributed by atoms with Crippen molar-refractivity contribution in [3.8, 4) is 0 Å². The molecular formula is C29H32Cl2N6O5S2. The van der Waals surface area contributed by atoms with Gasteiger partial charge in [-0.05, 0) is 61.9 Å². The number of anilines is 2. The number of amides is 1. The molecule has 0 spiro atoms. The molecule has 44 heavy (non-hydrogen) atoms. The van der Waals surface area contributed by atoms with E-state index in [2.05, 4.69) is 30.8 Å². The summed E-state index contributed by atoms with van der Waals surface area (Å²) in [5.41, 5.74) is 0.610. The van der Waals surface area contributed by atoms with E-state index >= 15 is 0 Å². The number of alkyl halides is 2. The monoisotopic (exact) mass is 678 g/mol. The van der Waals surface area contributed by atoms with Crippen molar-refractivity contribution >= 4 is 72.2 Å². The fourth-order valence-electron chi connectivity index (χ4n) is 5.19. The van der Waals surface area contributed by atoms with Crippen LogP contribution in [0.3, 0.4) is 0 Å². The molecule has 0 bridgehead atoms. The SMILES string of the molecule is CC(Cl)S(=O)(=O)c1cccc(NC2(Nc3cccc(S(=O)(=O)C(C)Cl)c3)C(CN3CCNCC3)=CC=C3C(=O)N=CN=C32)c1. The lowest BCUT2D eigenvalue weighted by Crippen LogP contribution is -2.60. The molecule has 0 saturated carbocycles. The van der Waals surface area contributed by atoms with Gasteiger partial charge in [0, 0.05) is 44.1 Å². The number of piperazine rings is 1. The summed E-state index contributed by atoms with van der Waals surface area (Å²) < 4.78 is 49.6. The fraction of sp³-hybridized carbons (Fsp3) is 0.345. The van der Waals surface area contributed by atoms with Gasteiger partial charge in [0.05, 0.1) is 15.4 Å². The topological polar surface area (TPSA) is 149 Å². The number of carbonyl (C=O) groups is 1. The third-order valence-electron chi connectivity index (χ3n) is 7.58. The van der Waals surface area contributed by atoms with Crippen LogP contribution in [0.1, 0.15) is 13.8 Å². The maximum atomic E-state index is 13.0. The molecule has 2 aromatic carbocycles. The molecule has 0 radical (unpaired) electrons. The molecule has 1 amide bonds. The van der Waals surface area contributed by atoms with Crippen molar-refractivity contribution in [2.24, 2.45) is 9.98 Å². The van der Waals surface area contributed by atoms with Crippen LogP contribution in [0.25, 0.3) is 0 Å². The minimum Gasteiger partial charge on any atom is -0.354 e. The second kappa shape index (κ2) is 12.7. The zero-order valence-corrected chi connectivity index (χ0v) is 27.1. The molecule has 1 aliphatic carbocycles. The fourth-order valence-corrected chi connectivity index (χ4v) is 7.68. The minimum absolute atomic E-state index is 0.00627. The van der Waals surface area contributed by atoms with Crippen molar-refractivity contribution in [2.75, 3.05) is 43.4 Å². The van der Waals surface area contributed by atoms with Gasteiger partial charge < -0.3 is 16.0 Å². The Morgan fingerprint density at radius 1 is 0.909 bits per heavy atom. The molecule has 0 aromatic heterocycles. The van der Waals surface area contributed by atoms with Crippen LogP contribution in [-0.4, -0.2) is 87.5 Å². The van der Waals surface area contributed by atoms with Gasteiger partial charge in [-0.1, -0.05) is 18.2 Å². The first kappa shape index (κ1) is 32.3. The zero-order valence-electron chi connectivity index (χ0n) is 24.0. The van der Waals surface area contributed by atoms with Crippen LogP contribution >= 0.6 is 23.2 Å². The van der Waals surface area contributed by atoms with E-state index in [0.29, 0.717) is 23.6 Å². The average molecular weight is 680 g/mol. The first-order valence-electron chi connectivity index (χ1n) is 13.9. The summed E-state index contributed by atoms with van der Waals surface area (Å²) in [5, 5.41) is 10.2. The summed E-state index contributed by atoms with van der Waals surface area (Å²) in [6.07, 6.45) is 4.66. The molecule has 3 aliphatic rings. The lowest BCUT2D eigenvalue weighted by molar-refractivity contribution is -0.113. The van der Waals surface area contributed by atoms with Gasteiger partial charge in [0.2, 0.25) is 0 Å². The molecule has 2 atom stereocenters. The van der Waals surface area contributed by atoms with Gasteiger partial charge in [0.15, 0.2) is 25.3 Å². The van der Waals surface area contributed by atoms with Crippen molar-refractivity contribution in [3.05, 3.63) is 71.8 Å². The van der Waals surface area contributed by atoms with Gasteiger partial charge in [-0.3, -0.25) is 9.69 Å². The number of hydrogen-bond acceptors (Lipinski definition) is 10. The summed E-state index contributed by atoms with van der Waals surface area (Å²) in [6.45, 7) is 6.33. The molecule has 2 unspecified atom stereocenters. The maximum absolute atomic E-state index is 13.0. The standard InChI is InChI=1S/C29H32Cl2N6O5S2/c1-19(30)43(39,40)24-7-3-5-22(15-24)35-29(36-23-6-4-8-25(16-23)44(41,42)20(2)31)21(17-37-13-11-32-12-14-37)9-10-26-27(29)33-18-34-28(26)38/h3-10,15-16,18-20,32,35-36H,11-14,17H2,1-2H3. The molecule has 2 aliphatic heterocycles. The number of aliphatic imine (C=N–C) groups is 2. The van der Waals surface area contributed by atoms with Crippen LogP contribution in [0.15, 0.2) is 91.6 Å². The number of carbonyl (C=O) groups excluding carboxylic acids is 1. The van der Waals surface area contributed by atoms with E-state index < -0.39 is 40.7 Å². The highest BCUT2D eigenvalue weighted by Crippen LogP contribution is 2.36. The molecule has 2 aromatic rings. The zero-order chi connectivity index (χ0) is 31.7. The molecule has 11 nitrogen and oxygen atoms in total. The molecule has 1 saturated heterocycles. The number of rotatable bonds is 10. The number of allylic oxidation sites excluding steroid dienone is 2. The van der Waals surface area contributed by atoms with Crippen molar-refractivity contribution in [2.45, 2.75) is 38.7 Å². The first-order chi connectivity index (χ1) is 20.8. The van der Waals surface area contributed by atoms with Gasteiger partial charge in [-0.15, -0.1) is 23.2 Å². The van der Waals surface area contributed by atoms with Crippen molar-refractivity contribution < 1.29 is 21.6 Å². The molecular weight excluding hydrogens is 647 g/mol. The van der Waals surface area contributed by atoms with E-state index in [9.17, 15) is 21.6 Å². The third kappa shape index (κ3) is 6.35. The van der Waals surface area contributed by atoms with Crippen LogP contribution in [0, 0.1) is 0 Å². The summed E-state index contributed by atoms with van der Waals surface area (Å²) in [4.78, 5) is 23.7. The Morgan fingerprint density at radius 2 is 1.45 bits per heavy atom. The van der Waals surface area contributed by atoms with E-state index in [-0.39, 0.29) is 15.4 Å². The highest BCUT2D eigenvalue weighted by Gasteiger charge is 2.46. The Hall–Kier alpha value is -3.07. The molecule has 1 fully saturated rings. The third-order valence-corrected chi connectivity index (χ3v) is 12.5. The van der Waals surface area contributed by atoms with Gasteiger partial charge in [0.25, 0.3) is 5.91 Å². The Labute approximate surface area is 267 Å². The Balaban J connectivity index is 1.69. The lowest BCUT2D eigenvalue weighted by Gasteiger charge is -2.44. The smallest absolute Gasteiger partial charge is 0.280 e. The average Bonchev–Trinajstić information content (AvgIpc) is 2.99. The van der Waals surface area contributed by atoms with Gasteiger partial charge >= 0.3 is 0 Å². The predicted octanol–water partition coefficient (Wildman–Crippen LogP) is 3.41. The Bertz CT molecular complexity index is 1710.